The molecule has 6 nitrogen and oxygen atoms in total. The van der Waals surface area contributed by atoms with E-state index in [0.29, 0.717) is 0 Å². The quantitative estimate of drug-likeness (QED) is 0.388. The molecule has 94 valence electrons. The Balaban J connectivity index is -0.000000179. The lowest BCUT2D eigenvalue weighted by Crippen LogP contribution is -2.27. The van der Waals surface area contributed by atoms with Crippen LogP contribution in [0.15, 0.2) is 0 Å². The van der Waals surface area contributed by atoms with E-state index in [9.17, 15) is 19.8 Å². The highest BCUT2D eigenvalue weighted by Gasteiger charge is 1.85. The van der Waals surface area contributed by atoms with Crippen molar-refractivity contribution in [2.75, 3.05) is 28.2 Å². The molecule has 0 bridgehead atoms. The van der Waals surface area contributed by atoms with Gasteiger partial charge in [0, 0.05) is 11.9 Å². The second kappa shape index (κ2) is 13.3. The number of rotatable bonds is 3. The summed E-state index contributed by atoms with van der Waals surface area (Å²) in [5, 5.41) is 19.0. The standard InChI is InChI=1S/C4H6O4.2C3H8N/c5-3(6)1-2-4(7)8;2*1-4(2)3/h1-2H2,(H,5,6)(H,7,8);2*1H2,2-3H3/q;2*+1/p-2. The third kappa shape index (κ3) is 145. The number of carbonyl (C=O) groups is 2. The fourth-order valence-electron chi connectivity index (χ4n) is 0.204. The van der Waals surface area contributed by atoms with Gasteiger partial charge in [-0.15, -0.1) is 0 Å². The average molecular weight is 232 g/mol. The monoisotopic (exact) mass is 232 g/mol. The number of hydrogen-bond acceptors (Lipinski definition) is 4. The van der Waals surface area contributed by atoms with Gasteiger partial charge in [-0.05, 0) is 12.8 Å². The first-order chi connectivity index (χ1) is 7.09. The van der Waals surface area contributed by atoms with Crippen molar-refractivity contribution >= 4 is 25.4 Å². The van der Waals surface area contributed by atoms with Crippen molar-refractivity contribution in [1.82, 2.24) is 0 Å². The van der Waals surface area contributed by atoms with Crippen LogP contribution in [0.2, 0.25) is 0 Å². The van der Waals surface area contributed by atoms with E-state index < -0.39 is 24.8 Å². The molecule has 0 amide bonds. The van der Waals surface area contributed by atoms with Crippen molar-refractivity contribution in [2.45, 2.75) is 12.8 Å². The third-order valence-electron chi connectivity index (χ3n) is 0.533. The molecule has 0 N–H and O–H groups in total. The fourth-order valence-corrected chi connectivity index (χ4v) is 0.204. The molecule has 0 radical (unpaired) electrons. The summed E-state index contributed by atoms with van der Waals surface area (Å²) in [5.74, 6) is -2.73. The molecular formula is C10H20N2O4. The van der Waals surface area contributed by atoms with Crippen molar-refractivity contribution in [2.24, 2.45) is 0 Å². The number of hydrogen-bond donors (Lipinski definition) is 0. The minimum absolute atomic E-state index is 0.470. The van der Waals surface area contributed by atoms with Crippen molar-refractivity contribution in [3.05, 3.63) is 0 Å². The predicted molar refractivity (Wildman–Crippen MR) is 57.7 cm³/mol. The summed E-state index contributed by atoms with van der Waals surface area (Å²) < 4.78 is 3.50. The summed E-state index contributed by atoms with van der Waals surface area (Å²) in [5.41, 5.74) is 0. The number of carbonyl (C=O) groups excluding carboxylic acids is 2. The Bertz CT molecular complexity index is 215. The molecule has 0 saturated heterocycles. The summed E-state index contributed by atoms with van der Waals surface area (Å²) in [4.78, 5) is 19.0. The summed E-state index contributed by atoms with van der Waals surface area (Å²) in [6.45, 7) is 6.94. The van der Waals surface area contributed by atoms with Crippen LogP contribution in [0.5, 0.6) is 0 Å². The zero-order chi connectivity index (χ0) is 13.7. The molecule has 16 heavy (non-hydrogen) atoms. The topological polar surface area (TPSA) is 86.3 Å². The van der Waals surface area contributed by atoms with Gasteiger partial charge in [0.15, 0.2) is 0 Å². The van der Waals surface area contributed by atoms with Crippen molar-refractivity contribution in [3.8, 4) is 0 Å². The molecule has 0 aromatic heterocycles. The minimum Gasteiger partial charge on any atom is -0.550 e. The molecule has 0 fully saturated rings. The van der Waals surface area contributed by atoms with Gasteiger partial charge >= 0.3 is 0 Å². The Morgan fingerprint density at radius 2 is 1.00 bits per heavy atom. The van der Waals surface area contributed by atoms with Gasteiger partial charge in [0.05, 0.1) is 0 Å². The molecule has 6 heteroatoms. The maximum absolute atomic E-state index is 9.50. The largest absolute Gasteiger partial charge is 0.550 e. The summed E-state index contributed by atoms with van der Waals surface area (Å²) in [6, 6.07) is 0. The molecule has 0 aliphatic rings. The smallest absolute Gasteiger partial charge is 0.131 e. The van der Waals surface area contributed by atoms with Crippen LogP contribution in [0.4, 0.5) is 0 Å². The first-order valence-electron chi connectivity index (χ1n) is 4.44. The van der Waals surface area contributed by atoms with Gasteiger partial charge in [0.25, 0.3) is 0 Å². The lowest BCUT2D eigenvalue weighted by atomic mass is 10.3. The van der Waals surface area contributed by atoms with Crippen LogP contribution in [-0.2, 0) is 9.59 Å². The minimum atomic E-state index is -1.37. The van der Waals surface area contributed by atoms with E-state index in [1.54, 1.807) is 9.15 Å². The van der Waals surface area contributed by atoms with Gasteiger partial charge in [-0.1, -0.05) is 0 Å². The van der Waals surface area contributed by atoms with Gasteiger partial charge in [0.1, 0.15) is 41.6 Å². The van der Waals surface area contributed by atoms with E-state index in [2.05, 4.69) is 13.4 Å². The summed E-state index contributed by atoms with van der Waals surface area (Å²) >= 11 is 0. The highest BCUT2D eigenvalue weighted by molar-refractivity contribution is 5.72. The number of carboxylic acid groups (broad SMARTS) is 2. The molecular weight excluding hydrogens is 212 g/mol. The first kappa shape index (κ1) is 19.8. The van der Waals surface area contributed by atoms with Crippen LogP contribution >= 0.6 is 0 Å². The molecule has 0 aliphatic carbocycles. The Kier molecular flexibility index (Phi) is 16.4. The lowest BCUT2D eigenvalue weighted by molar-refractivity contribution is -0.454. The number of nitrogens with zero attached hydrogens (tertiary/aromatic N) is 2. The summed E-state index contributed by atoms with van der Waals surface area (Å²) in [7, 11) is 7.56. The Morgan fingerprint density at radius 3 is 1.06 bits per heavy atom. The van der Waals surface area contributed by atoms with Gasteiger partial charge in [-0.25, -0.2) is 9.15 Å². The Morgan fingerprint density at radius 1 is 0.875 bits per heavy atom. The average Bonchev–Trinajstić information content (AvgIpc) is 1.98. The van der Waals surface area contributed by atoms with Gasteiger partial charge in [-0.3, -0.25) is 0 Å². The van der Waals surface area contributed by atoms with E-state index in [4.69, 9.17) is 0 Å². The molecule has 0 aromatic carbocycles. The van der Waals surface area contributed by atoms with E-state index in [0.717, 1.165) is 0 Å². The maximum Gasteiger partial charge on any atom is 0.131 e. The van der Waals surface area contributed by atoms with Crippen LogP contribution in [-0.4, -0.2) is 62.7 Å². The predicted octanol–water partition coefficient (Wildman–Crippen LogP) is -2.82. The maximum atomic E-state index is 9.50. The lowest BCUT2D eigenvalue weighted by Gasteiger charge is -2.00. The van der Waals surface area contributed by atoms with Crippen LogP contribution < -0.4 is 10.2 Å². The van der Waals surface area contributed by atoms with Crippen molar-refractivity contribution in [3.63, 3.8) is 0 Å². The third-order valence-corrected chi connectivity index (χ3v) is 0.533. The second-order valence-corrected chi connectivity index (χ2v) is 3.40. The molecule has 0 aliphatic heterocycles. The molecule has 0 unspecified atom stereocenters. The highest BCUT2D eigenvalue weighted by Crippen LogP contribution is 1.81. The molecule has 0 saturated carbocycles. The van der Waals surface area contributed by atoms with E-state index in [1.807, 2.05) is 28.2 Å². The first-order valence-corrected chi connectivity index (χ1v) is 4.44. The van der Waals surface area contributed by atoms with Crippen LogP contribution in [0.3, 0.4) is 0 Å². The van der Waals surface area contributed by atoms with Crippen molar-refractivity contribution in [1.29, 1.82) is 0 Å². The zero-order valence-electron chi connectivity index (χ0n) is 10.4. The van der Waals surface area contributed by atoms with Gasteiger partial charge < -0.3 is 19.8 Å². The molecule has 0 spiro atoms. The molecule has 0 heterocycles. The second-order valence-electron chi connectivity index (χ2n) is 3.40. The van der Waals surface area contributed by atoms with E-state index in [-0.39, 0.29) is 0 Å². The summed E-state index contributed by atoms with van der Waals surface area (Å²) in [6.07, 6.45) is -0.940. The van der Waals surface area contributed by atoms with Crippen molar-refractivity contribution < 1.29 is 29.0 Å². The molecule has 0 rings (SSSR count). The highest BCUT2D eigenvalue weighted by atomic mass is 16.4. The SMILES string of the molecule is C=[N+](C)C.C=[N+](C)C.O=C([O-])CCC(=O)[O-]. The normalized spacial score (nSPS) is 7.50. The van der Waals surface area contributed by atoms with E-state index in [1.165, 1.54) is 0 Å². The van der Waals surface area contributed by atoms with Crippen LogP contribution in [0.1, 0.15) is 12.8 Å². The fraction of sp³-hybridized carbons (Fsp3) is 0.600. The van der Waals surface area contributed by atoms with Crippen LogP contribution in [0.25, 0.3) is 0 Å². The Labute approximate surface area is 96.2 Å². The Hall–Kier alpha value is -1.72. The zero-order valence-corrected chi connectivity index (χ0v) is 10.4. The number of aliphatic carboxylic acids is 2. The van der Waals surface area contributed by atoms with Gasteiger partial charge in [0.2, 0.25) is 0 Å². The van der Waals surface area contributed by atoms with E-state index >= 15 is 0 Å². The molecule has 0 aromatic rings. The van der Waals surface area contributed by atoms with Crippen LogP contribution in [0, 0.1) is 0 Å². The molecule has 0 atom stereocenters. The number of carboxylic acids is 2. The van der Waals surface area contributed by atoms with Gasteiger partial charge in [-0.2, -0.15) is 0 Å².